The lowest BCUT2D eigenvalue weighted by Crippen LogP contribution is -2.33. The highest BCUT2D eigenvalue weighted by Gasteiger charge is 2.44. The van der Waals surface area contributed by atoms with Gasteiger partial charge in [-0.2, -0.15) is 0 Å². The number of rotatable bonds is 5. The van der Waals surface area contributed by atoms with Crippen molar-refractivity contribution >= 4 is 17.0 Å². The zero-order valence-corrected chi connectivity index (χ0v) is 14.1. The molecule has 0 bridgehead atoms. The Morgan fingerprint density at radius 3 is 2.81 bits per heavy atom. The molecular formula is C17H18FN5O4. The number of benzene rings is 1. The van der Waals surface area contributed by atoms with Gasteiger partial charge in [0.05, 0.1) is 19.5 Å². The lowest BCUT2D eigenvalue weighted by Gasteiger charge is -2.16. The van der Waals surface area contributed by atoms with Crippen molar-refractivity contribution in [3.8, 4) is 0 Å². The number of aliphatic hydroxyl groups is 2. The Morgan fingerprint density at radius 2 is 2.00 bits per heavy atom. The highest BCUT2D eigenvalue weighted by Crippen LogP contribution is 2.32. The molecule has 27 heavy (non-hydrogen) atoms. The van der Waals surface area contributed by atoms with Gasteiger partial charge in [0.1, 0.15) is 36.0 Å². The Balaban J connectivity index is 1.46. The zero-order chi connectivity index (χ0) is 19.0. The summed E-state index contributed by atoms with van der Waals surface area (Å²) < 4.78 is 26.3. The number of imidazole rings is 1. The summed E-state index contributed by atoms with van der Waals surface area (Å²) in [4.78, 5) is 12.1. The van der Waals surface area contributed by atoms with Gasteiger partial charge in [-0.1, -0.05) is 18.2 Å². The van der Waals surface area contributed by atoms with Crippen LogP contribution in [0.4, 0.5) is 10.2 Å². The summed E-state index contributed by atoms with van der Waals surface area (Å²) in [5.41, 5.74) is 6.92. The van der Waals surface area contributed by atoms with Crippen molar-refractivity contribution in [2.75, 3.05) is 12.3 Å². The molecule has 1 fully saturated rings. The summed E-state index contributed by atoms with van der Waals surface area (Å²) in [5, 5.41) is 20.7. The summed E-state index contributed by atoms with van der Waals surface area (Å²) in [5.74, 6) is -0.165. The maximum atomic E-state index is 13.6. The third-order valence-electron chi connectivity index (χ3n) is 4.50. The number of hydrogen-bond donors (Lipinski definition) is 3. The number of aromatic nitrogens is 4. The van der Waals surface area contributed by atoms with E-state index in [0.29, 0.717) is 16.7 Å². The maximum absolute atomic E-state index is 13.6. The first kappa shape index (κ1) is 17.7. The normalized spacial score (nSPS) is 25.3. The number of halogens is 1. The van der Waals surface area contributed by atoms with E-state index in [4.69, 9.17) is 15.2 Å². The highest BCUT2D eigenvalue weighted by atomic mass is 19.1. The molecule has 4 N–H and O–H groups in total. The van der Waals surface area contributed by atoms with Gasteiger partial charge >= 0.3 is 0 Å². The van der Waals surface area contributed by atoms with Crippen LogP contribution in [-0.2, 0) is 16.1 Å². The predicted octanol–water partition coefficient (Wildman–Crippen LogP) is 0.384. The minimum Gasteiger partial charge on any atom is -0.387 e. The summed E-state index contributed by atoms with van der Waals surface area (Å²) in [6.45, 7) is 0.00456. The molecular weight excluding hydrogens is 357 g/mol. The van der Waals surface area contributed by atoms with Crippen LogP contribution in [-0.4, -0.2) is 54.7 Å². The molecule has 1 aliphatic rings. The second-order valence-electron chi connectivity index (χ2n) is 6.24. The van der Waals surface area contributed by atoms with Crippen molar-refractivity contribution in [3.63, 3.8) is 0 Å². The van der Waals surface area contributed by atoms with E-state index in [1.165, 1.54) is 23.3 Å². The van der Waals surface area contributed by atoms with Crippen LogP contribution in [0, 0.1) is 5.82 Å². The van der Waals surface area contributed by atoms with E-state index in [-0.39, 0.29) is 24.8 Å². The van der Waals surface area contributed by atoms with Crippen LogP contribution in [0.2, 0.25) is 0 Å². The van der Waals surface area contributed by atoms with Crippen LogP contribution in [0.5, 0.6) is 0 Å². The number of nitrogens with two attached hydrogens (primary N) is 1. The molecule has 142 valence electrons. The molecule has 0 amide bonds. The lowest BCUT2D eigenvalue weighted by atomic mass is 10.1. The molecule has 0 aliphatic carbocycles. The standard InChI is InChI=1S/C17H18FN5O4/c18-10-4-2-1-3-9(10)5-26-6-11-13(24)14(25)17(27-11)23-8-22-12-15(19)20-7-21-16(12)23/h1-4,7-8,11,13-14,17,24-25H,5-6H2,(H2,19,20,21)/t11-,13-,14-,17-/m1/s1. The first-order valence-electron chi connectivity index (χ1n) is 8.32. The van der Waals surface area contributed by atoms with Gasteiger partial charge in [-0.05, 0) is 6.07 Å². The first-order chi connectivity index (χ1) is 13.1. The number of nitrogens with zero attached hydrogens (tertiary/aromatic N) is 4. The van der Waals surface area contributed by atoms with Crippen LogP contribution in [0.15, 0.2) is 36.9 Å². The minimum atomic E-state index is -1.22. The smallest absolute Gasteiger partial charge is 0.167 e. The molecule has 2 aromatic heterocycles. The van der Waals surface area contributed by atoms with Gasteiger partial charge in [0, 0.05) is 5.56 Å². The number of fused-ring (bicyclic) bond motifs is 1. The third kappa shape index (κ3) is 3.23. The van der Waals surface area contributed by atoms with E-state index >= 15 is 0 Å². The second kappa shape index (κ2) is 7.16. The minimum absolute atomic E-state index is 0.0210. The van der Waals surface area contributed by atoms with Crippen molar-refractivity contribution < 1.29 is 24.1 Å². The average molecular weight is 375 g/mol. The number of aliphatic hydroxyl groups excluding tert-OH is 2. The zero-order valence-electron chi connectivity index (χ0n) is 14.1. The van der Waals surface area contributed by atoms with Gasteiger partial charge in [0.15, 0.2) is 17.7 Å². The van der Waals surface area contributed by atoms with Crippen molar-refractivity contribution in [3.05, 3.63) is 48.3 Å². The predicted molar refractivity (Wildman–Crippen MR) is 91.7 cm³/mol. The van der Waals surface area contributed by atoms with E-state index < -0.39 is 24.5 Å². The van der Waals surface area contributed by atoms with Gasteiger partial charge in [-0.3, -0.25) is 4.57 Å². The molecule has 1 aliphatic heterocycles. The molecule has 4 rings (SSSR count). The van der Waals surface area contributed by atoms with E-state index in [9.17, 15) is 14.6 Å². The maximum Gasteiger partial charge on any atom is 0.167 e. The van der Waals surface area contributed by atoms with Crippen molar-refractivity contribution in [2.45, 2.75) is 31.1 Å². The molecule has 1 saturated heterocycles. The average Bonchev–Trinajstić information content (AvgIpc) is 3.21. The van der Waals surface area contributed by atoms with E-state index in [2.05, 4.69) is 15.0 Å². The van der Waals surface area contributed by atoms with Crippen LogP contribution in [0.1, 0.15) is 11.8 Å². The molecule has 9 nitrogen and oxygen atoms in total. The van der Waals surface area contributed by atoms with Crippen LogP contribution in [0.3, 0.4) is 0 Å². The fourth-order valence-corrected chi connectivity index (χ4v) is 3.05. The van der Waals surface area contributed by atoms with Gasteiger partial charge in [0.2, 0.25) is 0 Å². The van der Waals surface area contributed by atoms with Gasteiger partial charge in [0.25, 0.3) is 0 Å². The van der Waals surface area contributed by atoms with Gasteiger partial charge < -0.3 is 25.4 Å². The molecule has 0 radical (unpaired) electrons. The molecule has 0 unspecified atom stereocenters. The number of hydrogen-bond acceptors (Lipinski definition) is 8. The molecule has 1 aromatic carbocycles. The van der Waals surface area contributed by atoms with Crippen molar-refractivity contribution in [2.24, 2.45) is 0 Å². The quantitative estimate of drug-likeness (QED) is 0.584. The molecule has 3 heterocycles. The molecule has 4 atom stereocenters. The SMILES string of the molecule is Nc1ncnc2c1ncn2[C@@H]1O[C@H](COCc2ccccc2F)[C@@H](O)[C@H]1O. The van der Waals surface area contributed by atoms with Crippen LogP contribution in [0.25, 0.3) is 11.2 Å². The number of ether oxygens (including phenoxy) is 2. The van der Waals surface area contributed by atoms with Crippen molar-refractivity contribution in [1.82, 2.24) is 19.5 Å². The summed E-state index contributed by atoms with van der Waals surface area (Å²) in [6, 6.07) is 6.26. The second-order valence-corrected chi connectivity index (χ2v) is 6.24. The highest BCUT2D eigenvalue weighted by molar-refractivity contribution is 5.81. The van der Waals surface area contributed by atoms with Crippen molar-refractivity contribution in [1.29, 1.82) is 0 Å². The Bertz CT molecular complexity index is 952. The van der Waals surface area contributed by atoms with Crippen LogP contribution < -0.4 is 5.73 Å². The largest absolute Gasteiger partial charge is 0.387 e. The lowest BCUT2D eigenvalue weighted by molar-refractivity contribution is -0.0685. The first-order valence-corrected chi connectivity index (χ1v) is 8.32. The summed E-state index contributed by atoms with van der Waals surface area (Å²) in [7, 11) is 0. The molecule has 0 spiro atoms. The molecule has 3 aromatic rings. The molecule has 10 heteroatoms. The fourth-order valence-electron chi connectivity index (χ4n) is 3.05. The van der Waals surface area contributed by atoms with E-state index in [1.54, 1.807) is 18.2 Å². The number of anilines is 1. The third-order valence-corrected chi connectivity index (χ3v) is 4.50. The number of nitrogen functional groups attached to an aromatic ring is 1. The Labute approximate surface area is 153 Å². The summed E-state index contributed by atoms with van der Waals surface area (Å²) in [6.07, 6.45) is -1.43. The topological polar surface area (TPSA) is 129 Å². The van der Waals surface area contributed by atoms with Crippen LogP contribution >= 0.6 is 0 Å². The van der Waals surface area contributed by atoms with E-state index in [1.807, 2.05) is 0 Å². The Morgan fingerprint density at radius 1 is 1.19 bits per heavy atom. The van der Waals surface area contributed by atoms with E-state index in [0.717, 1.165) is 0 Å². The summed E-state index contributed by atoms with van der Waals surface area (Å²) >= 11 is 0. The monoisotopic (exact) mass is 375 g/mol. The van der Waals surface area contributed by atoms with Gasteiger partial charge in [-0.15, -0.1) is 0 Å². The van der Waals surface area contributed by atoms with Gasteiger partial charge in [-0.25, -0.2) is 19.3 Å². The Hall–Kier alpha value is -2.66. The fraction of sp³-hybridized carbons (Fsp3) is 0.353. The Kier molecular flexibility index (Phi) is 4.70. The molecule has 0 saturated carbocycles.